The van der Waals surface area contributed by atoms with Crippen molar-refractivity contribution in [2.45, 2.75) is 18.9 Å². The summed E-state index contributed by atoms with van der Waals surface area (Å²) >= 11 is 0. The highest BCUT2D eigenvalue weighted by Crippen LogP contribution is 2.41. The van der Waals surface area contributed by atoms with Crippen LogP contribution >= 0.6 is 0 Å². The first-order valence-corrected chi connectivity index (χ1v) is 8.22. The summed E-state index contributed by atoms with van der Waals surface area (Å²) in [6, 6.07) is 26.3. The van der Waals surface area contributed by atoms with E-state index in [4.69, 9.17) is 0 Å². The van der Waals surface area contributed by atoms with E-state index in [1.54, 1.807) is 0 Å². The van der Waals surface area contributed by atoms with Gasteiger partial charge >= 0.3 is 0 Å². The molecule has 118 valence electrons. The summed E-state index contributed by atoms with van der Waals surface area (Å²) in [4.78, 5) is 13.4. The van der Waals surface area contributed by atoms with Crippen LogP contribution in [0.25, 0.3) is 0 Å². The molecule has 2 heteroatoms. The van der Waals surface area contributed by atoms with E-state index in [1.807, 2.05) is 73.7 Å². The zero-order valence-corrected chi connectivity index (χ0v) is 13.6. The van der Waals surface area contributed by atoms with Gasteiger partial charge in [0.15, 0.2) is 5.78 Å². The number of rotatable bonds is 3. The number of aryl methyl sites for hydroxylation is 1. The van der Waals surface area contributed by atoms with Crippen LogP contribution < -0.4 is 5.32 Å². The van der Waals surface area contributed by atoms with E-state index in [9.17, 15) is 4.79 Å². The minimum absolute atomic E-state index is 0.149. The van der Waals surface area contributed by atoms with Gasteiger partial charge in [-0.1, -0.05) is 72.3 Å². The lowest BCUT2D eigenvalue weighted by molar-refractivity contribution is 0.0916. The van der Waals surface area contributed by atoms with E-state index in [0.29, 0.717) is 6.42 Å². The fraction of sp³-hybridized carbons (Fsp3) is 0.136. The van der Waals surface area contributed by atoms with Crippen molar-refractivity contribution in [1.82, 2.24) is 0 Å². The zero-order valence-electron chi connectivity index (χ0n) is 13.6. The average Bonchev–Trinajstić information content (AvgIpc) is 2.90. The van der Waals surface area contributed by atoms with Crippen LogP contribution in [0.15, 0.2) is 78.9 Å². The van der Waals surface area contributed by atoms with Crippen LogP contribution in [-0.2, 0) is 12.0 Å². The SMILES string of the molecule is Cc1ccc2c(c1)C(=O)C(Cc1ccccc1)(c1ccccc1)N2. The van der Waals surface area contributed by atoms with Gasteiger partial charge in [-0.15, -0.1) is 0 Å². The first-order valence-electron chi connectivity index (χ1n) is 8.22. The fourth-order valence-corrected chi connectivity index (χ4v) is 3.53. The summed E-state index contributed by atoms with van der Waals surface area (Å²) in [5.41, 5.74) is 4.23. The van der Waals surface area contributed by atoms with Gasteiger partial charge in [0.25, 0.3) is 0 Å². The molecule has 0 aliphatic carbocycles. The summed E-state index contributed by atoms with van der Waals surface area (Å²) < 4.78 is 0. The molecule has 1 heterocycles. The first kappa shape index (κ1) is 14.7. The van der Waals surface area contributed by atoms with Crippen molar-refractivity contribution in [2.75, 3.05) is 5.32 Å². The van der Waals surface area contributed by atoms with Crippen molar-refractivity contribution in [1.29, 1.82) is 0 Å². The average molecular weight is 313 g/mol. The molecule has 0 fully saturated rings. The highest BCUT2D eigenvalue weighted by atomic mass is 16.1. The number of hydrogen-bond acceptors (Lipinski definition) is 2. The Morgan fingerprint density at radius 2 is 1.54 bits per heavy atom. The third-order valence-corrected chi connectivity index (χ3v) is 4.73. The van der Waals surface area contributed by atoms with Gasteiger partial charge in [-0.05, 0) is 30.2 Å². The van der Waals surface area contributed by atoms with Crippen LogP contribution in [0.1, 0.15) is 27.0 Å². The number of carbonyl (C=O) groups is 1. The van der Waals surface area contributed by atoms with E-state index in [-0.39, 0.29) is 5.78 Å². The van der Waals surface area contributed by atoms with Crippen LogP contribution in [0.5, 0.6) is 0 Å². The highest BCUT2D eigenvalue weighted by molar-refractivity contribution is 6.14. The molecule has 1 unspecified atom stereocenters. The van der Waals surface area contributed by atoms with Crippen molar-refractivity contribution in [3.63, 3.8) is 0 Å². The molecule has 0 bridgehead atoms. The Morgan fingerprint density at radius 1 is 0.875 bits per heavy atom. The van der Waals surface area contributed by atoms with Gasteiger partial charge < -0.3 is 5.32 Å². The van der Waals surface area contributed by atoms with E-state index >= 15 is 0 Å². The van der Waals surface area contributed by atoms with Gasteiger partial charge in [0.1, 0.15) is 5.54 Å². The van der Waals surface area contributed by atoms with Gasteiger partial charge in [-0.3, -0.25) is 4.79 Å². The standard InChI is InChI=1S/C22H19NO/c1-16-12-13-20-19(14-16)21(24)22(23-20,18-10-6-3-7-11-18)15-17-8-4-2-5-9-17/h2-14,23H,15H2,1H3. The monoisotopic (exact) mass is 313 g/mol. The molecule has 0 saturated heterocycles. The Morgan fingerprint density at radius 3 is 2.25 bits per heavy atom. The second kappa shape index (κ2) is 5.64. The molecular formula is C22H19NO. The summed E-state index contributed by atoms with van der Waals surface area (Å²) in [5, 5.41) is 3.54. The molecule has 1 atom stereocenters. The van der Waals surface area contributed by atoms with Crippen molar-refractivity contribution in [2.24, 2.45) is 0 Å². The Labute approximate surface area is 142 Å². The van der Waals surface area contributed by atoms with Gasteiger partial charge in [0.05, 0.1) is 0 Å². The molecule has 1 aliphatic heterocycles. The smallest absolute Gasteiger partial charge is 0.195 e. The van der Waals surface area contributed by atoms with E-state index in [0.717, 1.165) is 27.9 Å². The third kappa shape index (κ3) is 2.31. The van der Waals surface area contributed by atoms with Crippen molar-refractivity contribution in [3.05, 3.63) is 101 Å². The third-order valence-electron chi connectivity index (χ3n) is 4.73. The number of Topliss-reactive ketones (excluding diaryl/α,β-unsaturated/α-hetero) is 1. The quantitative estimate of drug-likeness (QED) is 0.756. The Hall–Kier alpha value is -2.87. The van der Waals surface area contributed by atoms with Crippen LogP contribution in [0.3, 0.4) is 0 Å². The van der Waals surface area contributed by atoms with Crippen molar-refractivity contribution < 1.29 is 4.79 Å². The van der Waals surface area contributed by atoms with Crippen molar-refractivity contribution in [3.8, 4) is 0 Å². The molecule has 0 saturated carbocycles. The molecule has 0 spiro atoms. The molecule has 0 radical (unpaired) electrons. The molecule has 24 heavy (non-hydrogen) atoms. The second-order valence-corrected chi connectivity index (χ2v) is 6.44. The number of ketones is 1. The Kier molecular flexibility index (Phi) is 3.46. The van der Waals surface area contributed by atoms with E-state index in [1.165, 1.54) is 0 Å². The zero-order chi connectivity index (χ0) is 16.6. The predicted octanol–water partition coefficient (Wildman–Crippen LogP) is 4.74. The largest absolute Gasteiger partial charge is 0.368 e. The molecule has 2 nitrogen and oxygen atoms in total. The predicted molar refractivity (Wildman–Crippen MR) is 97.4 cm³/mol. The van der Waals surface area contributed by atoms with Gasteiger partial charge in [-0.2, -0.15) is 0 Å². The molecule has 3 aromatic rings. The van der Waals surface area contributed by atoms with Crippen LogP contribution in [-0.4, -0.2) is 5.78 Å². The lowest BCUT2D eigenvalue weighted by atomic mass is 9.80. The fourth-order valence-electron chi connectivity index (χ4n) is 3.53. The topological polar surface area (TPSA) is 29.1 Å². The van der Waals surface area contributed by atoms with Gasteiger partial charge in [0, 0.05) is 17.7 Å². The van der Waals surface area contributed by atoms with Crippen LogP contribution in [0.4, 0.5) is 5.69 Å². The number of hydrogen-bond donors (Lipinski definition) is 1. The van der Waals surface area contributed by atoms with Crippen LogP contribution in [0, 0.1) is 6.92 Å². The summed E-state index contributed by atoms with van der Waals surface area (Å²) in [5.74, 6) is 0.149. The van der Waals surface area contributed by atoms with Gasteiger partial charge in [0.2, 0.25) is 0 Å². The lowest BCUT2D eigenvalue weighted by Crippen LogP contribution is -2.40. The maximum Gasteiger partial charge on any atom is 0.195 e. The van der Waals surface area contributed by atoms with E-state index < -0.39 is 5.54 Å². The van der Waals surface area contributed by atoms with E-state index in [2.05, 4.69) is 17.4 Å². The molecule has 1 N–H and O–H groups in total. The highest BCUT2D eigenvalue weighted by Gasteiger charge is 2.46. The van der Waals surface area contributed by atoms with Gasteiger partial charge in [-0.25, -0.2) is 0 Å². The number of benzene rings is 3. The minimum Gasteiger partial charge on any atom is -0.368 e. The molecule has 0 aromatic heterocycles. The molecule has 0 amide bonds. The Balaban J connectivity index is 1.86. The second-order valence-electron chi connectivity index (χ2n) is 6.44. The maximum atomic E-state index is 13.4. The molecule has 4 rings (SSSR count). The molecule has 3 aromatic carbocycles. The normalized spacial score (nSPS) is 19.0. The summed E-state index contributed by atoms with van der Waals surface area (Å²) in [6.07, 6.45) is 0.629. The maximum absolute atomic E-state index is 13.4. The number of anilines is 1. The molecule has 1 aliphatic rings. The minimum atomic E-state index is -0.737. The lowest BCUT2D eigenvalue weighted by Gasteiger charge is -2.29. The molecular weight excluding hydrogens is 294 g/mol. The first-order chi connectivity index (χ1) is 11.7. The van der Waals surface area contributed by atoms with Crippen LogP contribution in [0.2, 0.25) is 0 Å². The summed E-state index contributed by atoms with van der Waals surface area (Å²) in [7, 11) is 0. The summed E-state index contributed by atoms with van der Waals surface area (Å²) in [6.45, 7) is 2.02. The Bertz CT molecular complexity index is 886. The van der Waals surface area contributed by atoms with Crippen molar-refractivity contribution >= 4 is 11.5 Å². The number of nitrogens with one attached hydrogen (secondary N) is 1. The number of carbonyl (C=O) groups excluding carboxylic acids is 1. The number of fused-ring (bicyclic) bond motifs is 1.